The number of hydrogen-bond acceptors (Lipinski definition) is 3. The highest BCUT2D eigenvalue weighted by atomic mass is 16.5. The van der Waals surface area contributed by atoms with E-state index in [1.54, 1.807) is 6.20 Å². The molecule has 0 unspecified atom stereocenters. The van der Waals surface area contributed by atoms with E-state index in [1.165, 1.54) is 5.56 Å². The molecule has 2 N–H and O–H groups in total. The maximum atomic E-state index is 12.4. The number of carbonyl (C=O) groups excluding carboxylic acids is 1. The Morgan fingerprint density at radius 3 is 3.08 bits per heavy atom. The molecular formula is C21H23N3O2. The average molecular weight is 349 g/mol. The average Bonchev–Trinajstić information content (AvgIpc) is 3.34. The fourth-order valence-corrected chi connectivity index (χ4v) is 3.59. The summed E-state index contributed by atoms with van der Waals surface area (Å²) in [6, 6.07) is 9.99. The Morgan fingerprint density at radius 2 is 2.27 bits per heavy atom. The van der Waals surface area contributed by atoms with E-state index in [2.05, 4.69) is 21.4 Å². The number of fused-ring (bicyclic) bond motifs is 1. The van der Waals surface area contributed by atoms with Gasteiger partial charge in [0.05, 0.1) is 13.0 Å². The molecule has 1 aliphatic rings. The summed E-state index contributed by atoms with van der Waals surface area (Å²) in [7, 11) is 0. The zero-order valence-corrected chi connectivity index (χ0v) is 14.9. The van der Waals surface area contributed by atoms with Crippen LogP contribution in [0.3, 0.4) is 0 Å². The van der Waals surface area contributed by atoms with Gasteiger partial charge in [0.2, 0.25) is 5.91 Å². The van der Waals surface area contributed by atoms with Crippen molar-refractivity contribution in [2.45, 2.75) is 25.7 Å². The van der Waals surface area contributed by atoms with Crippen molar-refractivity contribution >= 4 is 16.8 Å². The van der Waals surface area contributed by atoms with Crippen LogP contribution in [0.1, 0.15) is 30.4 Å². The van der Waals surface area contributed by atoms with Gasteiger partial charge in [-0.3, -0.25) is 9.78 Å². The van der Waals surface area contributed by atoms with Gasteiger partial charge >= 0.3 is 0 Å². The van der Waals surface area contributed by atoms with Crippen LogP contribution in [0.4, 0.5) is 0 Å². The summed E-state index contributed by atoms with van der Waals surface area (Å²) in [5, 5.41) is 4.09. The lowest BCUT2D eigenvalue weighted by Gasteiger charge is -2.08. The zero-order chi connectivity index (χ0) is 17.9. The minimum absolute atomic E-state index is 0.0500. The van der Waals surface area contributed by atoms with Crippen molar-refractivity contribution in [1.29, 1.82) is 0 Å². The first-order valence-electron chi connectivity index (χ1n) is 9.14. The monoisotopic (exact) mass is 349 g/mol. The first-order chi connectivity index (χ1) is 12.8. The van der Waals surface area contributed by atoms with E-state index < -0.39 is 0 Å². The van der Waals surface area contributed by atoms with Crippen LogP contribution in [0, 0.1) is 5.92 Å². The lowest BCUT2D eigenvalue weighted by Crippen LogP contribution is -2.27. The van der Waals surface area contributed by atoms with Crippen LogP contribution in [0.15, 0.2) is 48.9 Å². The normalized spacial score (nSPS) is 18.7. The van der Waals surface area contributed by atoms with E-state index in [9.17, 15) is 4.79 Å². The lowest BCUT2D eigenvalue weighted by molar-refractivity contribution is -0.120. The van der Waals surface area contributed by atoms with Gasteiger partial charge in [-0.25, -0.2) is 0 Å². The molecule has 0 aliphatic heterocycles. The highest BCUT2D eigenvalue weighted by molar-refractivity contribution is 5.93. The largest absolute Gasteiger partial charge is 0.493 e. The van der Waals surface area contributed by atoms with Crippen molar-refractivity contribution in [3.05, 3.63) is 60.0 Å². The maximum Gasteiger partial charge on any atom is 0.224 e. The molecule has 2 aromatic heterocycles. The van der Waals surface area contributed by atoms with Gasteiger partial charge in [0.15, 0.2) is 0 Å². The van der Waals surface area contributed by atoms with E-state index in [0.29, 0.717) is 24.9 Å². The van der Waals surface area contributed by atoms with Crippen LogP contribution in [-0.2, 0) is 11.2 Å². The third-order valence-corrected chi connectivity index (χ3v) is 5.00. The molecule has 2 heterocycles. The fraction of sp³-hybridized carbons (Fsp3) is 0.333. The smallest absolute Gasteiger partial charge is 0.224 e. The van der Waals surface area contributed by atoms with E-state index in [0.717, 1.165) is 35.2 Å². The lowest BCUT2D eigenvalue weighted by atomic mass is 10.1. The van der Waals surface area contributed by atoms with Crippen molar-refractivity contribution in [1.82, 2.24) is 15.3 Å². The Labute approximate surface area is 152 Å². The van der Waals surface area contributed by atoms with Crippen molar-refractivity contribution in [2.24, 2.45) is 5.92 Å². The molecule has 0 radical (unpaired) electrons. The number of carbonyl (C=O) groups is 1. The topological polar surface area (TPSA) is 67.0 Å². The van der Waals surface area contributed by atoms with Gasteiger partial charge in [-0.05, 0) is 54.5 Å². The summed E-state index contributed by atoms with van der Waals surface area (Å²) in [5.41, 5.74) is 3.24. The number of amides is 1. The number of pyridine rings is 1. The molecule has 1 amide bonds. The molecular weight excluding hydrogens is 326 g/mol. The summed E-state index contributed by atoms with van der Waals surface area (Å²) < 4.78 is 5.71. The Kier molecular flexibility index (Phi) is 4.61. The number of aromatic nitrogens is 2. The van der Waals surface area contributed by atoms with Crippen LogP contribution < -0.4 is 10.1 Å². The number of rotatable bonds is 7. The highest BCUT2D eigenvalue weighted by Gasteiger charge is 2.38. The van der Waals surface area contributed by atoms with Gasteiger partial charge in [0.25, 0.3) is 0 Å². The second kappa shape index (κ2) is 7.20. The predicted molar refractivity (Wildman–Crippen MR) is 101 cm³/mol. The molecule has 5 heteroatoms. The van der Waals surface area contributed by atoms with Gasteiger partial charge in [0, 0.05) is 36.0 Å². The molecule has 1 aromatic carbocycles. The third-order valence-electron chi connectivity index (χ3n) is 5.00. The standard InChI is InChI=1S/C21H23N3O2/c1-2-26-19-7-3-6-18-21(19)16(13-23-18)10-20(25)24-12-15-9-17(15)14-5-4-8-22-11-14/h3-8,11,13,15,17,23H,2,9-10,12H2,1H3,(H,24,25)/t15-,17-/m0/s1. The molecule has 4 rings (SSSR count). The quantitative estimate of drug-likeness (QED) is 0.687. The van der Waals surface area contributed by atoms with Gasteiger partial charge < -0.3 is 15.0 Å². The first-order valence-corrected chi connectivity index (χ1v) is 9.14. The predicted octanol–water partition coefficient (Wildman–Crippen LogP) is 3.42. The fourth-order valence-electron chi connectivity index (χ4n) is 3.59. The van der Waals surface area contributed by atoms with Crippen molar-refractivity contribution in [3.8, 4) is 5.75 Å². The van der Waals surface area contributed by atoms with Crippen LogP contribution in [0.25, 0.3) is 10.9 Å². The molecule has 3 aromatic rings. The molecule has 0 spiro atoms. The second-order valence-electron chi connectivity index (χ2n) is 6.80. The van der Waals surface area contributed by atoms with Gasteiger partial charge in [-0.2, -0.15) is 0 Å². The van der Waals surface area contributed by atoms with Crippen molar-refractivity contribution in [3.63, 3.8) is 0 Å². The molecule has 0 bridgehead atoms. The van der Waals surface area contributed by atoms with Gasteiger partial charge in [0.1, 0.15) is 5.75 Å². The minimum Gasteiger partial charge on any atom is -0.493 e. The summed E-state index contributed by atoms with van der Waals surface area (Å²) in [4.78, 5) is 19.8. The van der Waals surface area contributed by atoms with Gasteiger partial charge in [-0.15, -0.1) is 0 Å². The van der Waals surface area contributed by atoms with E-state index >= 15 is 0 Å². The number of nitrogens with zero attached hydrogens (tertiary/aromatic N) is 1. The number of hydrogen-bond donors (Lipinski definition) is 2. The third kappa shape index (κ3) is 3.43. The Balaban J connectivity index is 1.36. The molecule has 1 fully saturated rings. The summed E-state index contributed by atoms with van der Waals surface area (Å²) in [6.45, 7) is 3.29. The second-order valence-corrected chi connectivity index (χ2v) is 6.80. The van der Waals surface area contributed by atoms with E-state index in [1.807, 2.05) is 43.6 Å². The molecule has 1 aliphatic carbocycles. The molecule has 5 nitrogen and oxygen atoms in total. The number of H-pyrrole nitrogens is 1. The van der Waals surface area contributed by atoms with Crippen LogP contribution in [0.2, 0.25) is 0 Å². The maximum absolute atomic E-state index is 12.4. The summed E-state index contributed by atoms with van der Waals surface area (Å²) >= 11 is 0. The number of aromatic amines is 1. The molecule has 2 atom stereocenters. The SMILES string of the molecule is CCOc1cccc2[nH]cc(CC(=O)NC[C@@H]3C[C@H]3c3cccnc3)c12. The van der Waals surface area contributed by atoms with Crippen LogP contribution in [0.5, 0.6) is 5.75 Å². The van der Waals surface area contributed by atoms with Crippen molar-refractivity contribution < 1.29 is 9.53 Å². The van der Waals surface area contributed by atoms with Gasteiger partial charge in [-0.1, -0.05) is 12.1 Å². The summed E-state index contributed by atoms with van der Waals surface area (Å²) in [5.74, 6) is 1.92. The zero-order valence-electron chi connectivity index (χ0n) is 14.9. The number of nitrogens with one attached hydrogen (secondary N) is 2. The Hall–Kier alpha value is -2.82. The molecule has 1 saturated carbocycles. The van der Waals surface area contributed by atoms with E-state index in [4.69, 9.17) is 4.74 Å². The summed E-state index contributed by atoms with van der Waals surface area (Å²) in [6.07, 6.45) is 7.10. The molecule has 134 valence electrons. The molecule has 0 saturated heterocycles. The van der Waals surface area contributed by atoms with Crippen LogP contribution in [-0.4, -0.2) is 29.0 Å². The minimum atomic E-state index is 0.0500. The van der Waals surface area contributed by atoms with Crippen molar-refractivity contribution in [2.75, 3.05) is 13.2 Å². The Bertz CT molecular complexity index is 904. The number of benzene rings is 1. The molecule has 26 heavy (non-hydrogen) atoms. The highest BCUT2D eigenvalue weighted by Crippen LogP contribution is 2.46. The van der Waals surface area contributed by atoms with E-state index in [-0.39, 0.29) is 5.91 Å². The van der Waals surface area contributed by atoms with Crippen LogP contribution >= 0.6 is 0 Å². The Morgan fingerprint density at radius 1 is 1.35 bits per heavy atom. The number of ether oxygens (including phenoxy) is 1. The first kappa shape index (κ1) is 16.6.